The van der Waals surface area contributed by atoms with E-state index in [0.29, 0.717) is 5.92 Å². The summed E-state index contributed by atoms with van der Waals surface area (Å²) < 4.78 is 37.8. The number of hydrogen-bond donors (Lipinski definition) is 1. The van der Waals surface area contributed by atoms with E-state index in [1.165, 1.54) is 17.3 Å². The number of hydrogen-bond acceptors (Lipinski definition) is 4. The number of hydrazone groups is 1. The molecule has 3 rings (SSSR count). The van der Waals surface area contributed by atoms with E-state index in [1.54, 1.807) is 6.21 Å². The monoisotopic (exact) mass is 404 g/mol. The smallest absolute Gasteiger partial charge is 0.366 e. The molecule has 1 aromatic heterocycles. The lowest BCUT2D eigenvalue weighted by molar-refractivity contribution is -0.137. The molecule has 1 aromatic carbocycles. The van der Waals surface area contributed by atoms with Gasteiger partial charge in [0.25, 0.3) is 0 Å². The molecule has 0 radical (unpaired) electrons. The molecule has 1 aliphatic rings. The highest BCUT2D eigenvalue weighted by Crippen LogP contribution is 2.43. The maximum Gasteiger partial charge on any atom is 0.417 e. The first-order chi connectivity index (χ1) is 13.6. The fourth-order valence-electron chi connectivity index (χ4n) is 4.04. The Morgan fingerprint density at radius 1 is 1.28 bits per heavy atom. The Kier molecular flexibility index (Phi) is 5.87. The van der Waals surface area contributed by atoms with Gasteiger partial charge in [0, 0.05) is 24.0 Å². The Hall–Kier alpha value is -2.57. The number of nitrogens with zero attached hydrogens (tertiary/aromatic N) is 3. The molecule has 0 aliphatic carbocycles. The highest BCUT2D eigenvalue weighted by atomic mass is 19.4. The fourth-order valence-corrected chi connectivity index (χ4v) is 4.04. The summed E-state index contributed by atoms with van der Waals surface area (Å²) in [5.74, 6) is 0.697. The van der Waals surface area contributed by atoms with Gasteiger partial charge in [-0.1, -0.05) is 19.9 Å². The molecular formula is C22H27F3N4. The van der Waals surface area contributed by atoms with Gasteiger partial charge in [-0.05, 0) is 68.0 Å². The first-order valence-corrected chi connectivity index (χ1v) is 9.86. The maximum atomic E-state index is 12.6. The minimum absolute atomic E-state index is 0.119. The molecule has 1 unspecified atom stereocenters. The molecule has 0 spiro atoms. The second kappa shape index (κ2) is 8.05. The predicted molar refractivity (Wildman–Crippen MR) is 112 cm³/mol. The molecule has 0 fully saturated rings. The van der Waals surface area contributed by atoms with Crippen molar-refractivity contribution in [3.05, 3.63) is 53.2 Å². The van der Waals surface area contributed by atoms with Gasteiger partial charge in [-0.25, -0.2) is 4.98 Å². The zero-order chi connectivity index (χ0) is 21.2. The number of halogens is 3. The fraction of sp³-hybridized carbons (Fsp3) is 0.455. The van der Waals surface area contributed by atoms with Gasteiger partial charge in [0.2, 0.25) is 0 Å². The minimum atomic E-state index is -4.39. The molecule has 1 N–H and O–H groups in total. The SMILES string of the molecule is CCCN1c2ccc(/C=N/Nc3ccc(C(F)(F)F)cn3)cc2C(C)CC1(C)C. The van der Waals surface area contributed by atoms with Crippen molar-refractivity contribution in [2.24, 2.45) is 5.10 Å². The van der Waals surface area contributed by atoms with Crippen LogP contribution in [0.1, 0.15) is 63.1 Å². The molecular weight excluding hydrogens is 377 g/mol. The van der Waals surface area contributed by atoms with E-state index in [1.807, 2.05) is 6.07 Å². The van der Waals surface area contributed by atoms with E-state index >= 15 is 0 Å². The van der Waals surface area contributed by atoms with Crippen LogP contribution < -0.4 is 10.3 Å². The number of pyridine rings is 1. The van der Waals surface area contributed by atoms with Gasteiger partial charge in [-0.3, -0.25) is 5.43 Å². The molecule has 29 heavy (non-hydrogen) atoms. The minimum Gasteiger partial charge on any atom is -0.366 e. The molecule has 0 amide bonds. The summed E-state index contributed by atoms with van der Waals surface area (Å²) in [6.45, 7) is 10.0. The number of rotatable bonds is 5. The average molecular weight is 404 g/mol. The summed E-state index contributed by atoms with van der Waals surface area (Å²) in [4.78, 5) is 6.23. The van der Waals surface area contributed by atoms with Crippen molar-refractivity contribution in [1.82, 2.24) is 4.98 Å². The largest absolute Gasteiger partial charge is 0.417 e. The summed E-state index contributed by atoms with van der Waals surface area (Å²) in [7, 11) is 0. The molecule has 0 saturated carbocycles. The Bertz CT molecular complexity index is 873. The van der Waals surface area contributed by atoms with E-state index in [4.69, 9.17) is 0 Å². The van der Waals surface area contributed by atoms with Crippen molar-refractivity contribution in [2.45, 2.75) is 58.2 Å². The summed E-state index contributed by atoms with van der Waals surface area (Å²) in [5.41, 5.74) is 5.53. The van der Waals surface area contributed by atoms with Crippen molar-refractivity contribution < 1.29 is 13.2 Å². The highest BCUT2D eigenvalue weighted by molar-refractivity contribution is 5.82. The lowest BCUT2D eigenvalue weighted by Crippen LogP contribution is -2.48. The van der Waals surface area contributed by atoms with E-state index in [0.717, 1.165) is 37.2 Å². The van der Waals surface area contributed by atoms with Crippen LogP contribution in [0.25, 0.3) is 0 Å². The van der Waals surface area contributed by atoms with Gasteiger partial charge >= 0.3 is 6.18 Å². The van der Waals surface area contributed by atoms with Crippen LogP contribution in [-0.4, -0.2) is 23.3 Å². The van der Waals surface area contributed by atoms with Crippen LogP contribution in [0.4, 0.5) is 24.7 Å². The molecule has 0 bridgehead atoms. The van der Waals surface area contributed by atoms with Crippen molar-refractivity contribution in [3.8, 4) is 0 Å². The Labute approximate surface area is 169 Å². The lowest BCUT2D eigenvalue weighted by Gasteiger charge is -2.47. The van der Waals surface area contributed by atoms with Gasteiger partial charge in [-0.15, -0.1) is 0 Å². The molecule has 1 aliphatic heterocycles. The first-order valence-electron chi connectivity index (χ1n) is 9.86. The second-order valence-corrected chi connectivity index (χ2v) is 8.19. The van der Waals surface area contributed by atoms with Crippen molar-refractivity contribution >= 4 is 17.7 Å². The van der Waals surface area contributed by atoms with Crippen LogP contribution in [0.2, 0.25) is 0 Å². The third-order valence-electron chi connectivity index (χ3n) is 5.34. The van der Waals surface area contributed by atoms with Crippen molar-refractivity contribution in [1.29, 1.82) is 0 Å². The standard InChI is InChI=1S/C22H27F3N4/c1-5-10-29-19-8-6-16(11-18(19)15(2)12-21(29,3)4)13-27-28-20-9-7-17(14-26-20)22(23,24)25/h6-9,11,13-15H,5,10,12H2,1-4H3,(H,26,28)/b27-13+. The van der Waals surface area contributed by atoms with Crippen LogP contribution in [0, 0.1) is 0 Å². The normalized spacial score (nSPS) is 18.7. The van der Waals surface area contributed by atoms with Gasteiger partial charge in [0.1, 0.15) is 5.82 Å². The third-order valence-corrected chi connectivity index (χ3v) is 5.34. The highest BCUT2D eigenvalue weighted by Gasteiger charge is 2.35. The maximum absolute atomic E-state index is 12.6. The number of nitrogens with one attached hydrogen (secondary N) is 1. The number of fused-ring (bicyclic) bond motifs is 1. The number of aromatic nitrogens is 1. The van der Waals surface area contributed by atoms with Crippen LogP contribution in [0.3, 0.4) is 0 Å². The van der Waals surface area contributed by atoms with Crippen LogP contribution in [0.5, 0.6) is 0 Å². The lowest BCUT2D eigenvalue weighted by atomic mass is 9.79. The van der Waals surface area contributed by atoms with Crippen LogP contribution in [0.15, 0.2) is 41.6 Å². The molecule has 4 nitrogen and oxygen atoms in total. The third kappa shape index (κ3) is 4.71. The van der Waals surface area contributed by atoms with Crippen molar-refractivity contribution in [3.63, 3.8) is 0 Å². The quantitative estimate of drug-likeness (QED) is 0.487. The summed E-state index contributed by atoms with van der Waals surface area (Å²) in [5, 5.41) is 4.13. The number of benzene rings is 1. The van der Waals surface area contributed by atoms with Crippen molar-refractivity contribution in [2.75, 3.05) is 16.9 Å². The molecule has 7 heteroatoms. The van der Waals surface area contributed by atoms with E-state index < -0.39 is 11.7 Å². The Balaban J connectivity index is 1.75. The van der Waals surface area contributed by atoms with Gasteiger partial charge < -0.3 is 4.90 Å². The predicted octanol–water partition coefficient (Wildman–Crippen LogP) is 6.05. The Morgan fingerprint density at radius 3 is 2.66 bits per heavy atom. The zero-order valence-electron chi connectivity index (χ0n) is 17.2. The topological polar surface area (TPSA) is 40.5 Å². The average Bonchev–Trinajstić information content (AvgIpc) is 2.64. The second-order valence-electron chi connectivity index (χ2n) is 8.19. The van der Waals surface area contributed by atoms with E-state index in [9.17, 15) is 13.2 Å². The van der Waals surface area contributed by atoms with Gasteiger partial charge in [0.05, 0.1) is 11.8 Å². The van der Waals surface area contributed by atoms with E-state index in [-0.39, 0.29) is 11.4 Å². The van der Waals surface area contributed by atoms with Crippen LogP contribution >= 0.6 is 0 Å². The Morgan fingerprint density at radius 2 is 2.03 bits per heavy atom. The summed E-state index contributed by atoms with van der Waals surface area (Å²) >= 11 is 0. The number of alkyl halides is 3. The zero-order valence-corrected chi connectivity index (χ0v) is 17.2. The molecule has 2 aromatic rings. The first kappa shape index (κ1) is 21.1. The molecule has 0 saturated heterocycles. The molecule has 1 atom stereocenters. The number of anilines is 2. The molecule has 2 heterocycles. The van der Waals surface area contributed by atoms with Gasteiger partial charge in [0.15, 0.2) is 0 Å². The van der Waals surface area contributed by atoms with Gasteiger partial charge in [-0.2, -0.15) is 18.3 Å². The summed E-state index contributed by atoms with van der Waals surface area (Å²) in [6, 6.07) is 8.54. The summed E-state index contributed by atoms with van der Waals surface area (Å²) in [6.07, 6.45) is 0.229. The molecule has 156 valence electrons. The van der Waals surface area contributed by atoms with E-state index in [2.05, 4.69) is 60.2 Å². The van der Waals surface area contributed by atoms with Crippen LogP contribution in [-0.2, 0) is 6.18 Å².